The number of nitrogens with one attached hydrogen (secondary N) is 1. The molecule has 0 aromatic heterocycles. The molecule has 5 heteroatoms. The van der Waals surface area contributed by atoms with Crippen LogP contribution < -0.4 is 5.32 Å². The summed E-state index contributed by atoms with van der Waals surface area (Å²) in [5.41, 5.74) is 3.18. The van der Waals surface area contributed by atoms with Crippen molar-refractivity contribution in [2.45, 2.75) is 33.4 Å². The van der Waals surface area contributed by atoms with Gasteiger partial charge in [0, 0.05) is 11.6 Å². The maximum absolute atomic E-state index is 12.2. The van der Waals surface area contributed by atoms with E-state index in [1.807, 2.05) is 38.1 Å². The molecule has 0 fully saturated rings. The SMILES string of the molecule is Cc1ccc(C)c(C(=O)OC(C)C(=O)NCc2ccc(Cl)cc2)c1. The summed E-state index contributed by atoms with van der Waals surface area (Å²) in [6.45, 7) is 5.64. The summed E-state index contributed by atoms with van der Waals surface area (Å²) in [6.07, 6.45) is -0.871. The van der Waals surface area contributed by atoms with Gasteiger partial charge in [0.15, 0.2) is 6.10 Å². The highest BCUT2D eigenvalue weighted by molar-refractivity contribution is 6.30. The van der Waals surface area contributed by atoms with Gasteiger partial charge in [0.05, 0.1) is 5.56 Å². The van der Waals surface area contributed by atoms with Crippen LogP contribution in [0.25, 0.3) is 0 Å². The summed E-state index contributed by atoms with van der Waals surface area (Å²) in [6, 6.07) is 12.7. The average molecular weight is 346 g/mol. The molecule has 0 aliphatic heterocycles. The largest absolute Gasteiger partial charge is 0.449 e. The molecule has 2 rings (SSSR count). The van der Waals surface area contributed by atoms with E-state index in [0.717, 1.165) is 16.7 Å². The number of rotatable bonds is 5. The Morgan fingerprint density at radius 3 is 2.46 bits per heavy atom. The third-order valence-corrected chi connectivity index (χ3v) is 3.90. The van der Waals surface area contributed by atoms with Crippen LogP contribution in [0.2, 0.25) is 5.02 Å². The van der Waals surface area contributed by atoms with Gasteiger partial charge in [-0.3, -0.25) is 4.79 Å². The van der Waals surface area contributed by atoms with E-state index in [2.05, 4.69) is 5.32 Å². The fourth-order valence-corrected chi connectivity index (χ4v) is 2.29. The minimum atomic E-state index is -0.871. The lowest BCUT2D eigenvalue weighted by atomic mass is 10.1. The number of hydrogen-bond donors (Lipinski definition) is 1. The van der Waals surface area contributed by atoms with Crippen LogP contribution in [0.5, 0.6) is 0 Å². The Bertz CT molecular complexity index is 741. The van der Waals surface area contributed by atoms with E-state index < -0.39 is 12.1 Å². The second kappa shape index (κ2) is 7.97. The van der Waals surface area contributed by atoms with Gasteiger partial charge in [0.25, 0.3) is 5.91 Å². The lowest BCUT2D eigenvalue weighted by Crippen LogP contribution is -2.35. The molecule has 1 N–H and O–H groups in total. The van der Waals surface area contributed by atoms with Crippen molar-refractivity contribution in [3.8, 4) is 0 Å². The molecule has 2 aromatic carbocycles. The first kappa shape index (κ1) is 18.0. The van der Waals surface area contributed by atoms with Crippen molar-refractivity contribution in [3.63, 3.8) is 0 Å². The van der Waals surface area contributed by atoms with Crippen molar-refractivity contribution in [2.75, 3.05) is 0 Å². The van der Waals surface area contributed by atoms with E-state index in [0.29, 0.717) is 17.1 Å². The highest BCUT2D eigenvalue weighted by atomic mass is 35.5. The fourth-order valence-electron chi connectivity index (χ4n) is 2.17. The third kappa shape index (κ3) is 4.83. The maximum Gasteiger partial charge on any atom is 0.339 e. The van der Waals surface area contributed by atoms with Crippen molar-refractivity contribution in [1.82, 2.24) is 5.32 Å². The van der Waals surface area contributed by atoms with Crippen molar-refractivity contribution in [2.24, 2.45) is 0 Å². The van der Waals surface area contributed by atoms with Crippen LogP contribution in [0.4, 0.5) is 0 Å². The Labute approximate surface area is 146 Å². The summed E-state index contributed by atoms with van der Waals surface area (Å²) >= 11 is 5.82. The van der Waals surface area contributed by atoms with Gasteiger partial charge < -0.3 is 10.1 Å². The molecule has 0 saturated heterocycles. The van der Waals surface area contributed by atoms with Gasteiger partial charge >= 0.3 is 5.97 Å². The van der Waals surface area contributed by atoms with Crippen LogP contribution in [0, 0.1) is 13.8 Å². The predicted molar refractivity (Wildman–Crippen MR) is 94.1 cm³/mol. The van der Waals surface area contributed by atoms with Gasteiger partial charge in [-0.25, -0.2) is 4.79 Å². The normalized spacial score (nSPS) is 11.7. The molecule has 1 amide bonds. The van der Waals surface area contributed by atoms with Crippen LogP contribution >= 0.6 is 11.6 Å². The molecular formula is C19H20ClNO3. The summed E-state index contributed by atoms with van der Waals surface area (Å²) < 4.78 is 5.27. The summed E-state index contributed by atoms with van der Waals surface area (Å²) in [5.74, 6) is -0.839. The quantitative estimate of drug-likeness (QED) is 0.838. The standard InChI is InChI=1S/C19H20ClNO3/c1-12-4-5-13(2)17(10-12)19(23)24-14(3)18(22)21-11-15-6-8-16(20)9-7-15/h4-10,14H,11H2,1-3H3,(H,21,22). The van der Waals surface area contributed by atoms with Crippen LogP contribution in [-0.4, -0.2) is 18.0 Å². The zero-order valence-corrected chi connectivity index (χ0v) is 14.7. The molecule has 2 aromatic rings. The Hall–Kier alpha value is -2.33. The highest BCUT2D eigenvalue weighted by Crippen LogP contribution is 2.13. The van der Waals surface area contributed by atoms with E-state index in [4.69, 9.17) is 16.3 Å². The van der Waals surface area contributed by atoms with Crippen molar-refractivity contribution in [3.05, 3.63) is 69.7 Å². The Kier molecular flexibility index (Phi) is 5.99. The predicted octanol–water partition coefficient (Wildman–Crippen LogP) is 3.82. The Morgan fingerprint density at radius 1 is 1.12 bits per heavy atom. The molecule has 4 nitrogen and oxygen atoms in total. The first-order valence-corrected chi connectivity index (χ1v) is 8.05. The monoisotopic (exact) mass is 345 g/mol. The van der Waals surface area contributed by atoms with Crippen molar-refractivity contribution in [1.29, 1.82) is 0 Å². The van der Waals surface area contributed by atoms with Gasteiger partial charge in [-0.1, -0.05) is 41.4 Å². The van der Waals surface area contributed by atoms with Gasteiger partial charge in [0.1, 0.15) is 0 Å². The smallest absolute Gasteiger partial charge is 0.339 e. The Morgan fingerprint density at radius 2 is 1.79 bits per heavy atom. The molecule has 0 aliphatic rings. The molecule has 0 bridgehead atoms. The number of halogens is 1. The minimum Gasteiger partial charge on any atom is -0.449 e. The number of aryl methyl sites for hydroxylation is 2. The Balaban J connectivity index is 1.92. The average Bonchev–Trinajstić information content (AvgIpc) is 2.56. The maximum atomic E-state index is 12.2. The number of hydrogen-bond acceptors (Lipinski definition) is 3. The van der Waals surface area contributed by atoms with E-state index in [-0.39, 0.29) is 5.91 Å². The third-order valence-electron chi connectivity index (χ3n) is 3.65. The molecule has 1 atom stereocenters. The molecular weight excluding hydrogens is 326 g/mol. The van der Waals surface area contributed by atoms with Gasteiger partial charge in [-0.05, 0) is 50.1 Å². The number of benzene rings is 2. The van der Waals surface area contributed by atoms with Crippen LogP contribution in [0.3, 0.4) is 0 Å². The van der Waals surface area contributed by atoms with Crippen LogP contribution in [0.1, 0.15) is 34.0 Å². The minimum absolute atomic E-state index is 0.344. The topological polar surface area (TPSA) is 55.4 Å². The van der Waals surface area contributed by atoms with Gasteiger partial charge in [-0.15, -0.1) is 0 Å². The second-order valence-corrected chi connectivity index (χ2v) is 6.15. The van der Waals surface area contributed by atoms with Gasteiger partial charge in [-0.2, -0.15) is 0 Å². The van der Waals surface area contributed by atoms with E-state index in [1.165, 1.54) is 0 Å². The van der Waals surface area contributed by atoms with Gasteiger partial charge in [0.2, 0.25) is 0 Å². The van der Waals surface area contributed by atoms with E-state index in [1.54, 1.807) is 25.1 Å². The first-order valence-electron chi connectivity index (χ1n) is 7.67. The fraction of sp³-hybridized carbons (Fsp3) is 0.263. The summed E-state index contributed by atoms with van der Waals surface area (Å²) in [4.78, 5) is 24.3. The molecule has 24 heavy (non-hydrogen) atoms. The van der Waals surface area contributed by atoms with Crippen LogP contribution in [-0.2, 0) is 16.1 Å². The summed E-state index contributed by atoms with van der Waals surface area (Å²) in [7, 11) is 0. The molecule has 0 heterocycles. The lowest BCUT2D eigenvalue weighted by molar-refractivity contribution is -0.129. The molecule has 0 spiro atoms. The van der Waals surface area contributed by atoms with Crippen molar-refractivity contribution < 1.29 is 14.3 Å². The molecule has 0 aliphatic carbocycles. The lowest BCUT2D eigenvalue weighted by Gasteiger charge is -2.14. The first-order chi connectivity index (χ1) is 11.4. The second-order valence-electron chi connectivity index (χ2n) is 5.71. The van der Waals surface area contributed by atoms with E-state index >= 15 is 0 Å². The number of esters is 1. The highest BCUT2D eigenvalue weighted by Gasteiger charge is 2.19. The number of carbonyl (C=O) groups is 2. The zero-order chi connectivity index (χ0) is 17.7. The molecule has 0 radical (unpaired) electrons. The van der Waals surface area contributed by atoms with E-state index in [9.17, 15) is 9.59 Å². The number of amides is 1. The number of ether oxygens (including phenoxy) is 1. The molecule has 126 valence electrons. The zero-order valence-electron chi connectivity index (χ0n) is 13.9. The molecule has 1 unspecified atom stereocenters. The van der Waals surface area contributed by atoms with Crippen molar-refractivity contribution >= 4 is 23.5 Å². The summed E-state index contributed by atoms with van der Waals surface area (Å²) in [5, 5.41) is 3.38. The molecule has 0 saturated carbocycles. The van der Waals surface area contributed by atoms with Crippen LogP contribution in [0.15, 0.2) is 42.5 Å². The number of carbonyl (C=O) groups excluding carboxylic acids is 2.